The number of piperazine rings is 1. The van der Waals surface area contributed by atoms with Crippen molar-refractivity contribution in [3.63, 3.8) is 0 Å². The summed E-state index contributed by atoms with van der Waals surface area (Å²) < 4.78 is 5.13. The van der Waals surface area contributed by atoms with Crippen molar-refractivity contribution in [3.05, 3.63) is 59.7 Å². The molecular formula is C24H30N4O3. The monoisotopic (exact) mass is 422 g/mol. The zero-order chi connectivity index (χ0) is 21.6. The predicted octanol–water partition coefficient (Wildman–Crippen LogP) is 2.87. The maximum absolute atomic E-state index is 12.6. The molecule has 1 saturated carbocycles. The van der Waals surface area contributed by atoms with E-state index in [4.69, 9.17) is 4.74 Å². The second-order valence-corrected chi connectivity index (χ2v) is 8.18. The van der Waals surface area contributed by atoms with Crippen molar-refractivity contribution < 1.29 is 14.3 Å². The molecule has 1 saturated heterocycles. The minimum Gasteiger partial charge on any atom is -0.497 e. The number of carbonyl (C=O) groups is 2. The molecule has 0 atom stereocenters. The highest BCUT2D eigenvalue weighted by molar-refractivity contribution is 5.89. The van der Waals surface area contributed by atoms with Crippen LogP contribution in [0.3, 0.4) is 0 Å². The normalized spacial score (nSPS) is 16.6. The van der Waals surface area contributed by atoms with Crippen LogP contribution in [0, 0.1) is 0 Å². The van der Waals surface area contributed by atoms with Gasteiger partial charge in [-0.3, -0.25) is 9.69 Å². The topological polar surface area (TPSA) is 73.9 Å². The number of urea groups is 1. The van der Waals surface area contributed by atoms with Crippen LogP contribution in [-0.2, 0) is 17.8 Å². The van der Waals surface area contributed by atoms with Crippen LogP contribution >= 0.6 is 0 Å². The Morgan fingerprint density at radius 1 is 0.935 bits per heavy atom. The molecule has 1 aliphatic carbocycles. The number of anilines is 1. The van der Waals surface area contributed by atoms with Gasteiger partial charge in [0.05, 0.1) is 13.5 Å². The molecule has 31 heavy (non-hydrogen) atoms. The Balaban J connectivity index is 1.20. The lowest BCUT2D eigenvalue weighted by molar-refractivity contribution is -0.132. The summed E-state index contributed by atoms with van der Waals surface area (Å²) in [5.74, 6) is 0.959. The van der Waals surface area contributed by atoms with Crippen molar-refractivity contribution in [2.24, 2.45) is 0 Å². The van der Waals surface area contributed by atoms with Crippen LogP contribution in [-0.4, -0.2) is 61.1 Å². The third-order valence-corrected chi connectivity index (χ3v) is 5.91. The van der Waals surface area contributed by atoms with Crippen molar-refractivity contribution in [3.8, 4) is 5.75 Å². The number of rotatable bonds is 7. The van der Waals surface area contributed by atoms with E-state index in [1.807, 2.05) is 53.4 Å². The van der Waals surface area contributed by atoms with E-state index in [9.17, 15) is 9.59 Å². The molecule has 2 N–H and O–H groups in total. The maximum atomic E-state index is 12.6. The molecule has 1 aliphatic heterocycles. The fraction of sp³-hybridized carbons (Fsp3) is 0.417. The lowest BCUT2D eigenvalue weighted by Crippen LogP contribution is -2.49. The summed E-state index contributed by atoms with van der Waals surface area (Å²) in [7, 11) is 1.62. The largest absolute Gasteiger partial charge is 0.497 e. The molecule has 7 heteroatoms. The number of ether oxygens (including phenoxy) is 1. The van der Waals surface area contributed by atoms with Gasteiger partial charge in [0, 0.05) is 44.5 Å². The van der Waals surface area contributed by atoms with Crippen LogP contribution in [0.1, 0.15) is 24.0 Å². The highest BCUT2D eigenvalue weighted by Crippen LogP contribution is 2.27. The highest BCUT2D eigenvalue weighted by Gasteiger charge is 2.32. The van der Waals surface area contributed by atoms with Crippen LogP contribution in [0.2, 0.25) is 0 Å². The third-order valence-electron chi connectivity index (χ3n) is 5.91. The van der Waals surface area contributed by atoms with Gasteiger partial charge < -0.3 is 20.3 Å². The molecule has 2 aromatic rings. The number of benzene rings is 2. The summed E-state index contributed by atoms with van der Waals surface area (Å²) in [5, 5.41) is 5.66. The smallest absolute Gasteiger partial charge is 0.319 e. The average molecular weight is 423 g/mol. The highest BCUT2D eigenvalue weighted by atomic mass is 16.5. The molecule has 0 spiro atoms. The van der Waals surface area contributed by atoms with Gasteiger partial charge in [-0.05, 0) is 48.2 Å². The molecule has 2 aliphatic rings. The fourth-order valence-corrected chi connectivity index (χ4v) is 3.87. The first-order valence-electron chi connectivity index (χ1n) is 10.9. The van der Waals surface area contributed by atoms with Crippen molar-refractivity contribution >= 4 is 17.6 Å². The predicted molar refractivity (Wildman–Crippen MR) is 120 cm³/mol. The summed E-state index contributed by atoms with van der Waals surface area (Å²) in [6.45, 7) is 4.05. The van der Waals surface area contributed by atoms with Crippen LogP contribution in [0.5, 0.6) is 5.75 Å². The molecular weight excluding hydrogens is 392 g/mol. The summed E-state index contributed by atoms with van der Waals surface area (Å²) in [4.78, 5) is 29.2. The third kappa shape index (κ3) is 5.98. The Hall–Kier alpha value is -3.06. The number of hydrogen-bond donors (Lipinski definition) is 2. The average Bonchev–Trinajstić information content (AvgIpc) is 3.65. The van der Waals surface area contributed by atoms with Crippen molar-refractivity contribution in [1.29, 1.82) is 0 Å². The summed E-state index contributed by atoms with van der Waals surface area (Å²) in [6, 6.07) is 15.5. The SMILES string of the molecule is COc1ccc(CNC(=O)Nc2ccc(CC(=O)N3CCN(C4CC4)CC3)cc2)cc1. The number of nitrogens with one attached hydrogen (secondary N) is 2. The van der Waals surface area contributed by atoms with Gasteiger partial charge in [0.25, 0.3) is 0 Å². The summed E-state index contributed by atoms with van der Waals surface area (Å²) in [5.41, 5.74) is 2.64. The van der Waals surface area contributed by atoms with Crippen LogP contribution in [0.15, 0.2) is 48.5 Å². The minimum absolute atomic E-state index is 0.174. The molecule has 164 valence electrons. The molecule has 3 amide bonds. The summed E-state index contributed by atoms with van der Waals surface area (Å²) in [6.07, 6.45) is 3.02. The Labute approximate surface area is 183 Å². The van der Waals surface area contributed by atoms with Gasteiger partial charge in [-0.2, -0.15) is 0 Å². The second-order valence-electron chi connectivity index (χ2n) is 8.18. The van der Waals surface area contributed by atoms with Crippen molar-refractivity contribution in [2.45, 2.75) is 31.8 Å². The van der Waals surface area contributed by atoms with Crippen molar-refractivity contribution in [1.82, 2.24) is 15.1 Å². The molecule has 0 aromatic heterocycles. The van der Waals surface area contributed by atoms with Gasteiger partial charge >= 0.3 is 6.03 Å². The zero-order valence-electron chi connectivity index (χ0n) is 18.0. The maximum Gasteiger partial charge on any atom is 0.319 e. The van der Waals surface area contributed by atoms with Crippen molar-refractivity contribution in [2.75, 3.05) is 38.6 Å². The fourth-order valence-electron chi connectivity index (χ4n) is 3.87. The van der Waals surface area contributed by atoms with E-state index >= 15 is 0 Å². The number of carbonyl (C=O) groups excluding carboxylic acids is 2. The summed E-state index contributed by atoms with van der Waals surface area (Å²) >= 11 is 0. The molecule has 1 heterocycles. The van der Waals surface area contributed by atoms with E-state index in [0.29, 0.717) is 18.7 Å². The number of nitrogens with zero attached hydrogens (tertiary/aromatic N) is 2. The molecule has 0 bridgehead atoms. The molecule has 2 aromatic carbocycles. The molecule has 0 unspecified atom stereocenters. The van der Waals surface area contributed by atoms with E-state index < -0.39 is 0 Å². The number of methoxy groups -OCH3 is 1. The molecule has 2 fully saturated rings. The minimum atomic E-state index is -0.270. The van der Waals surface area contributed by atoms with Crippen LogP contribution < -0.4 is 15.4 Å². The first-order chi connectivity index (χ1) is 15.1. The van der Waals surface area contributed by atoms with Crippen LogP contribution in [0.25, 0.3) is 0 Å². The van der Waals surface area contributed by atoms with Crippen LogP contribution in [0.4, 0.5) is 10.5 Å². The van der Waals surface area contributed by atoms with Gasteiger partial charge in [-0.15, -0.1) is 0 Å². The lowest BCUT2D eigenvalue weighted by atomic mass is 10.1. The Bertz CT molecular complexity index is 886. The van der Waals surface area contributed by atoms with Gasteiger partial charge in [0.15, 0.2) is 0 Å². The zero-order valence-corrected chi connectivity index (χ0v) is 18.0. The first kappa shape index (κ1) is 21.2. The van der Waals surface area contributed by atoms with E-state index in [1.54, 1.807) is 7.11 Å². The van der Waals surface area contributed by atoms with Gasteiger partial charge in [-0.25, -0.2) is 4.79 Å². The quantitative estimate of drug-likeness (QED) is 0.720. The van der Waals surface area contributed by atoms with E-state index in [0.717, 1.165) is 49.1 Å². The van der Waals surface area contributed by atoms with Gasteiger partial charge in [-0.1, -0.05) is 24.3 Å². The second kappa shape index (κ2) is 9.83. The Kier molecular flexibility index (Phi) is 6.72. The van der Waals surface area contributed by atoms with E-state index in [1.165, 1.54) is 12.8 Å². The lowest BCUT2D eigenvalue weighted by Gasteiger charge is -2.34. The van der Waals surface area contributed by atoms with E-state index in [-0.39, 0.29) is 11.9 Å². The first-order valence-corrected chi connectivity index (χ1v) is 10.9. The standard InChI is InChI=1S/C24H30N4O3/c1-31-22-10-4-19(5-11-22)17-25-24(30)26-20-6-2-18(3-7-20)16-23(29)28-14-12-27(13-15-28)21-8-9-21/h2-7,10-11,21H,8-9,12-17H2,1H3,(H2,25,26,30). The van der Waals surface area contributed by atoms with Gasteiger partial charge in [0.1, 0.15) is 5.75 Å². The van der Waals surface area contributed by atoms with E-state index in [2.05, 4.69) is 15.5 Å². The molecule has 0 radical (unpaired) electrons. The molecule has 7 nitrogen and oxygen atoms in total. The number of amides is 3. The number of hydrogen-bond acceptors (Lipinski definition) is 4. The molecule has 4 rings (SSSR count). The Morgan fingerprint density at radius 3 is 2.19 bits per heavy atom. The Morgan fingerprint density at radius 2 is 1.58 bits per heavy atom. The van der Waals surface area contributed by atoms with Gasteiger partial charge in [0.2, 0.25) is 5.91 Å².